The summed E-state index contributed by atoms with van der Waals surface area (Å²) in [5.41, 5.74) is 8.69. The summed E-state index contributed by atoms with van der Waals surface area (Å²) in [6.07, 6.45) is 11.7. The van der Waals surface area contributed by atoms with Crippen LogP contribution in [-0.4, -0.2) is 18.3 Å². The van der Waals surface area contributed by atoms with Gasteiger partial charge in [0.05, 0.1) is 0 Å². The number of aliphatic hydroxyl groups is 1. The fourth-order valence-electron chi connectivity index (χ4n) is 2.38. The standard InChI is InChI=1S/C18H31N.CH4O/c1-3-4-5-6-7-8-9-17-12-14-18(15-13-17)11-10-16(2)19;1-2/h12-16H,3-11,19H2,1-2H3;2H,1H3. The molecule has 0 radical (unpaired) electrons. The van der Waals surface area contributed by atoms with E-state index in [2.05, 4.69) is 38.1 Å². The van der Waals surface area contributed by atoms with E-state index in [-0.39, 0.29) is 0 Å². The predicted octanol–water partition coefficient (Wildman–Crippen LogP) is 4.48. The monoisotopic (exact) mass is 293 g/mol. The van der Waals surface area contributed by atoms with Gasteiger partial charge in [0.25, 0.3) is 0 Å². The van der Waals surface area contributed by atoms with Crippen LogP contribution in [0.25, 0.3) is 0 Å². The number of unbranched alkanes of at least 4 members (excludes halogenated alkanes) is 5. The van der Waals surface area contributed by atoms with Gasteiger partial charge in [0.1, 0.15) is 0 Å². The molecule has 0 heterocycles. The van der Waals surface area contributed by atoms with Crippen molar-refractivity contribution in [3.63, 3.8) is 0 Å². The Kier molecular flexibility index (Phi) is 13.5. The maximum Gasteiger partial charge on any atom is 0.0319 e. The van der Waals surface area contributed by atoms with Crippen molar-refractivity contribution in [1.29, 1.82) is 0 Å². The summed E-state index contributed by atoms with van der Waals surface area (Å²) in [5, 5.41) is 7.00. The molecule has 0 saturated heterocycles. The van der Waals surface area contributed by atoms with Crippen molar-refractivity contribution in [2.75, 3.05) is 7.11 Å². The van der Waals surface area contributed by atoms with Crippen LogP contribution in [0, 0.1) is 0 Å². The van der Waals surface area contributed by atoms with Crippen LogP contribution in [0.4, 0.5) is 0 Å². The van der Waals surface area contributed by atoms with Crippen molar-refractivity contribution in [3.8, 4) is 0 Å². The lowest BCUT2D eigenvalue weighted by atomic mass is 10.0. The summed E-state index contributed by atoms with van der Waals surface area (Å²) < 4.78 is 0. The highest BCUT2D eigenvalue weighted by atomic mass is 16.2. The van der Waals surface area contributed by atoms with E-state index in [1.165, 1.54) is 56.1 Å². The van der Waals surface area contributed by atoms with Crippen molar-refractivity contribution in [3.05, 3.63) is 35.4 Å². The molecule has 1 rings (SSSR count). The third-order valence-corrected chi connectivity index (χ3v) is 3.73. The summed E-state index contributed by atoms with van der Waals surface area (Å²) in [5.74, 6) is 0. The maximum absolute atomic E-state index is 7.00. The quantitative estimate of drug-likeness (QED) is 0.625. The van der Waals surface area contributed by atoms with E-state index in [4.69, 9.17) is 10.8 Å². The fourth-order valence-corrected chi connectivity index (χ4v) is 2.38. The molecule has 0 bridgehead atoms. The smallest absolute Gasteiger partial charge is 0.0319 e. The molecule has 0 aliphatic carbocycles. The molecule has 3 N–H and O–H groups in total. The first-order valence-electron chi connectivity index (χ1n) is 8.50. The molecule has 0 fully saturated rings. The highest BCUT2D eigenvalue weighted by Gasteiger charge is 1.98. The van der Waals surface area contributed by atoms with Crippen molar-refractivity contribution in [2.45, 2.75) is 77.7 Å². The van der Waals surface area contributed by atoms with Crippen LogP contribution in [0.2, 0.25) is 0 Å². The molecule has 0 saturated carbocycles. The van der Waals surface area contributed by atoms with E-state index >= 15 is 0 Å². The first-order valence-corrected chi connectivity index (χ1v) is 8.50. The second-order valence-corrected chi connectivity index (χ2v) is 5.85. The molecular weight excluding hydrogens is 258 g/mol. The summed E-state index contributed by atoms with van der Waals surface area (Å²) in [7, 11) is 1.00. The fraction of sp³-hybridized carbons (Fsp3) is 0.684. The minimum absolute atomic E-state index is 0.308. The van der Waals surface area contributed by atoms with Crippen molar-refractivity contribution < 1.29 is 5.11 Å². The normalized spacial score (nSPS) is 11.7. The average Bonchev–Trinajstić information content (AvgIpc) is 2.52. The van der Waals surface area contributed by atoms with Gasteiger partial charge >= 0.3 is 0 Å². The Balaban J connectivity index is 0.00000191. The maximum atomic E-state index is 7.00. The van der Waals surface area contributed by atoms with Gasteiger partial charge in [0.2, 0.25) is 0 Å². The highest BCUT2D eigenvalue weighted by molar-refractivity contribution is 5.22. The molecule has 2 nitrogen and oxygen atoms in total. The Morgan fingerprint density at radius 1 is 0.857 bits per heavy atom. The van der Waals surface area contributed by atoms with E-state index in [9.17, 15) is 0 Å². The third-order valence-electron chi connectivity index (χ3n) is 3.73. The Labute approximate surface area is 131 Å². The van der Waals surface area contributed by atoms with Gasteiger partial charge in [-0.05, 0) is 43.7 Å². The highest BCUT2D eigenvalue weighted by Crippen LogP contribution is 2.12. The molecule has 0 aromatic heterocycles. The van der Waals surface area contributed by atoms with Crippen LogP contribution in [0.15, 0.2) is 24.3 Å². The Morgan fingerprint density at radius 3 is 1.86 bits per heavy atom. The van der Waals surface area contributed by atoms with Gasteiger partial charge in [-0.1, -0.05) is 63.3 Å². The van der Waals surface area contributed by atoms with E-state index in [0.29, 0.717) is 6.04 Å². The molecule has 0 amide bonds. The summed E-state index contributed by atoms with van der Waals surface area (Å²) in [6, 6.07) is 9.44. The van der Waals surface area contributed by atoms with Gasteiger partial charge in [0, 0.05) is 13.2 Å². The summed E-state index contributed by atoms with van der Waals surface area (Å²) >= 11 is 0. The first-order chi connectivity index (χ1) is 10.2. The molecule has 0 aliphatic heterocycles. The van der Waals surface area contributed by atoms with Gasteiger partial charge in [-0.3, -0.25) is 0 Å². The lowest BCUT2D eigenvalue weighted by Crippen LogP contribution is -2.15. The Morgan fingerprint density at radius 2 is 1.33 bits per heavy atom. The van der Waals surface area contributed by atoms with Crippen LogP contribution in [0.3, 0.4) is 0 Å². The van der Waals surface area contributed by atoms with E-state index in [1.54, 1.807) is 0 Å². The van der Waals surface area contributed by atoms with Crippen LogP contribution in [-0.2, 0) is 12.8 Å². The number of benzene rings is 1. The van der Waals surface area contributed by atoms with E-state index in [0.717, 1.165) is 20.0 Å². The van der Waals surface area contributed by atoms with Gasteiger partial charge < -0.3 is 10.8 Å². The number of rotatable bonds is 10. The molecule has 122 valence electrons. The summed E-state index contributed by atoms with van der Waals surface area (Å²) in [6.45, 7) is 4.35. The van der Waals surface area contributed by atoms with Crippen LogP contribution >= 0.6 is 0 Å². The second kappa shape index (κ2) is 14.1. The van der Waals surface area contributed by atoms with Crippen LogP contribution in [0.5, 0.6) is 0 Å². The number of hydrogen-bond donors (Lipinski definition) is 2. The molecule has 1 aromatic carbocycles. The Hall–Kier alpha value is -0.860. The van der Waals surface area contributed by atoms with Gasteiger partial charge in [-0.15, -0.1) is 0 Å². The average molecular weight is 293 g/mol. The molecule has 1 aromatic rings. The SMILES string of the molecule is CCCCCCCCc1ccc(CCC(C)N)cc1.CO. The third kappa shape index (κ3) is 11.5. The molecule has 1 atom stereocenters. The van der Waals surface area contributed by atoms with E-state index < -0.39 is 0 Å². The van der Waals surface area contributed by atoms with Crippen molar-refractivity contribution in [2.24, 2.45) is 5.73 Å². The van der Waals surface area contributed by atoms with Crippen molar-refractivity contribution >= 4 is 0 Å². The molecular formula is C19H35NO. The number of aryl methyl sites for hydroxylation is 2. The molecule has 0 aliphatic rings. The van der Waals surface area contributed by atoms with Gasteiger partial charge in [-0.25, -0.2) is 0 Å². The molecule has 2 heteroatoms. The van der Waals surface area contributed by atoms with Crippen molar-refractivity contribution in [1.82, 2.24) is 0 Å². The molecule has 21 heavy (non-hydrogen) atoms. The number of aliphatic hydroxyl groups excluding tert-OH is 1. The lowest BCUT2D eigenvalue weighted by molar-refractivity contribution is 0.399. The lowest BCUT2D eigenvalue weighted by Gasteiger charge is -2.06. The van der Waals surface area contributed by atoms with E-state index in [1.807, 2.05) is 0 Å². The number of nitrogens with two attached hydrogens (primary N) is 1. The van der Waals surface area contributed by atoms with Gasteiger partial charge in [-0.2, -0.15) is 0 Å². The zero-order chi connectivity index (χ0) is 15.9. The predicted molar refractivity (Wildman–Crippen MR) is 93.6 cm³/mol. The second-order valence-electron chi connectivity index (χ2n) is 5.85. The van der Waals surface area contributed by atoms with Crippen LogP contribution in [0.1, 0.15) is 69.9 Å². The minimum atomic E-state index is 0.308. The first kappa shape index (κ1) is 20.1. The summed E-state index contributed by atoms with van der Waals surface area (Å²) in [4.78, 5) is 0. The molecule has 0 spiro atoms. The van der Waals surface area contributed by atoms with Gasteiger partial charge in [0.15, 0.2) is 0 Å². The Bertz CT molecular complexity index is 319. The van der Waals surface area contributed by atoms with Crippen LogP contribution < -0.4 is 5.73 Å². The molecule has 1 unspecified atom stereocenters. The zero-order valence-electron chi connectivity index (χ0n) is 14.3. The zero-order valence-corrected chi connectivity index (χ0v) is 14.3. The minimum Gasteiger partial charge on any atom is -0.400 e. The largest absolute Gasteiger partial charge is 0.400 e. The topological polar surface area (TPSA) is 46.2 Å². The number of hydrogen-bond acceptors (Lipinski definition) is 2.